The predicted octanol–water partition coefficient (Wildman–Crippen LogP) is 1.51. The van der Waals surface area contributed by atoms with Gasteiger partial charge >= 0.3 is 0 Å². The topological polar surface area (TPSA) is 84.2 Å². The number of nitrogen functional groups attached to an aromatic ring is 1. The molecule has 0 aliphatic rings. The van der Waals surface area contributed by atoms with Crippen LogP contribution < -0.4 is 10.5 Å². The van der Waals surface area contributed by atoms with Gasteiger partial charge in [-0.15, -0.1) is 0 Å². The molecule has 0 fully saturated rings. The molecule has 0 bridgehead atoms. The molecule has 2 rings (SSSR count). The van der Waals surface area contributed by atoms with Crippen LogP contribution >= 0.6 is 0 Å². The minimum Gasteiger partial charge on any atom is -0.507 e. The number of nitrogens with two attached hydrogens (primary N) is 1. The molecule has 5 nitrogen and oxygen atoms in total. The normalized spacial score (nSPS) is 10.4. The molecule has 16 heavy (non-hydrogen) atoms. The SMILES string of the molecule is COc1cc(O)c(-c2cn[nH]c2N)cc1F. The molecular weight excluding hydrogens is 213 g/mol. The van der Waals surface area contributed by atoms with Crippen LogP contribution in [-0.2, 0) is 0 Å². The Balaban J connectivity index is 2.59. The van der Waals surface area contributed by atoms with Crippen LogP contribution in [0.4, 0.5) is 10.2 Å². The van der Waals surface area contributed by atoms with Gasteiger partial charge in [0.15, 0.2) is 11.6 Å². The second-order valence-electron chi connectivity index (χ2n) is 3.20. The number of ether oxygens (including phenoxy) is 1. The number of H-pyrrole nitrogens is 1. The van der Waals surface area contributed by atoms with E-state index in [0.717, 1.165) is 6.07 Å². The molecule has 1 heterocycles. The van der Waals surface area contributed by atoms with Crippen LogP contribution in [0.25, 0.3) is 11.1 Å². The van der Waals surface area contributed by atoms with Gasteiger partial charge in [-0.05, 0) is 6.07 Å². The third kappa shape index (κ3) is 1.54. The number of hydrogen-bond donors (Lipinski definition) is 3. The lowest BCUT2D eigenvalue weighted by Crippen LogP contribution is -1.91. The molecule has 0 unspecified atom stereocenters. The van der Waals surface area contributed by atoms with Gasteiger partial charge in [0.05, 0.1) is 13.3 Å². The summed E-state index contributed by atoms with van der Waals surface area (Å²) in [6, 6.07) is 2.34. The van der Waals surface area contributed by atoms with Gasteiger partial charge in [0.2, 0.25) is 0 Å². The zero-order valence-electron chi connectivity index (χ0n) is 8.49. The van der Waals surface area contributed by atoms with E-state index in [-0.39, 0.29) is 22.9 Å². The van der Waals surface area contributed by atoms with Gasteiger partial charge in [0.1, 0.15) is 11.6 Å². The van der Waals surface area contributed by atoms with E-state index in [9.17, 15) is 9.50 Å². The second kappa shape index (κ2) is 3.73. The van der Waals surface area contributed by atoms with E-state index < -0.39 is 5.82 Å². The van der Waals surface area contributed by atoms with Crippen molar-refractivity contribution in [2.45, 2.75) is 0 Å². The summed E-state index contributed by atoms with van der Waals surface area (Å²) in [5.41, 5.74) is 6.29. The minimum absolute atomic E-state index is 0.0247. The lowest BCUT2D eigenvalue weighted by molar-refractivity contribution is 0.381. The second-order valence-corrected chi connectivity index (χ2v) is 3.20. The molecule has 2 aromatic rings. The summed E-state index contributed by atoms with van der Waals surface area (Å²) >= 11 is 0. The van der Waals surface area contributed by atoms with Crippen LogP contribution in [0.3, 0.4) is 0 Å². The number of nitrogens with zero attached hydrogens (tertiary/aromatic N) is 1. The lowest BCUT2D eigenvalue weighted by atomic mass is 10.1. The lowest BCUT2D eigenvalue weighted by Gasteiger charge is -2.07. The smallest absolute Gasteiger partial charge is 0.165 e. The monoisotopic (exact) mass is 223 g/mol. The minimum atomic E-state index is -0.573. The van der Waals surface area contributed by atoms with Crippen molar-refractivity contribution in [2.24, 2.45) is 0 Å². The first-order valence-electron chi connectivity index (χ1n) is 4.49. The number of rotatable bonds is 2. The van der Waals surface area contributed by atoms with Crippen molar-refractivity contribution in [1.29, 1.82) is 0 Å². The molecular formula is C10H10FN3O2. The van der Waals surface area contributed by atoms with Crippen LogP contribution in [0.2, 0.25) is 0 Å². The van der Waals surface area contributed by atoms with Crippen LogP contribution in [0.1, 0.15) is 0 Å². The van der Waals surface area contributed by atoms with Gasteiger partial charge in [-0.3, -0.25) is 5.10 Å². The average molecular weight is 223 g/mol. The summed E-state index contributed by atoms with van der Waals surface area (Å²) in [6.45, 7) is 0. The van der Waals surface area contributed by atoms with Gasteiger partial charge in [-0.25, -0.2) is 4.39 Å². The first-order chi connectivity index (χ1) is 7.63. The van der Waals surface area contributed by atoms with E-state index in [4.69, 9.17) is 10.5 Å². The van der Waals surface area contributed by atoms with E-state index in [1.165, 1.54) is 19.4 Å². The molecule has 84 valence electrons. The van der Waals surface area contributed by atoms with E-state index in [1.807, 2.05) is 0 Å². The predicted molar refractivity (Wildman–Crippen MR) is 56.6 cm³/mol. The van der Waals surface area contributed by atoms with Crippen LogP contribution in [-0.4, -0.2) is 22.4 Å². The molecule has 4 N–H and O–H groups in total. The summed E-state index contributed by atoms with van der Waals surface area (Å²) in [7, 11) is 1.32. The van der Waals surface area contributed by atoms with Crippen molar-refractivity contribution in [3.05, 3.63) is 24.1 Å². The number of aromatic hydroxyl groups is 1. The maximum absolute atomic E-state index is 13.4. The molecule has 0 radical (unpaired) electrons. The number of hydrogen-bond acceptors (Lipinski definition) is 4. The first kappa shape index (κ1) is 10.3. The Morgan fingerprint density at radius 1 is 1.44 bits per heavy atom. The van der Waals surface area contributed by atoms with Crippen molar-refractivity contribution in [3.63, 3.8) is 0 Å². The Bertz CT molecular complexity index is 525. The van der Waals surface area contributed by atoms with Gasteiger partial charge < -0.3 is 15.6 Å². The molecule has 0 amide bonds. The molecule has 0 saturated carbocycles. The van der Waals surface area contributed by atoms with E-state index >= 15 is 0 Å². The number of anilines is 1. The fourth-order valence-electron chi connectivity index (χ4n) is 1.43. The number of phenolic OH excluding ortho intramolecular Hbond substituents is 1. The van der Waals surface area contributed by atoms with Gasteiger partial charge in [-0.2, -0.15) is 5.10 Å². The summed E-state index contributed by atoms with van der Waals surface area (Å²) in [5, 5.41) is 15.9. The fraction of sp³-hybridized carbons (Fsp3) is 0.100. The van der Waals surface area contributed by atoms with Crippen molar-refractivity contribution in [3.8, 4) is 22.6 Å². The number of methoxy groups -OCH3 is 1. The largest absolute Gasteiger partial charge is 0.507 e. The van der Waals surface area contributed by atoms with Crippen molar-refractivity contribution >= 4 is 5.82 Å². The quantitative estimate of drug-likeness (QED) is 0.720. The summed E-state index contributed by atoms with van der Waals surface area (Å²) in [4.78, 5) is 0. The van der Waals surface area contributed by atoms with Gasteiger partial charge in [0.25, 0.3) is 0 Å². The third-order valence-electron chi connectivity index (χ3n) is 2.23. The number of benzene rings is 1. The zero-order valence-corrected chi connectivity index (χ0v) is 8.49. The van der Waals surface area contributed by atoms with Crippen molar-refractivity contribution in [1.82, 2.24) is 10.2 Å². The van der Waals surface area contributed by atoms with Crippen LogP contribution in [0.5, 0.6) is 11.5 Å². The highest BCUT2D eigenvalue weighted by Gasteiger charge is 2.14. The van der Waals surface area contributed by atoms with E-state index in [0.29, 0.717) is 5.56 Å². The molecule has 0 spiro atoms. The van der Waals surface area contributed by atoms with Crippen LogP contribution in [0, 0.1) is 5.82 Å². The number of aromatic amines is 1. The first-order valence-corrected chi connectivity index (χ1v) is 4.49. The number of phenols is 1. The van der Waals surface area contributed by atoms with Crippen molar-refractivity contribution < 1.29 is 14.2 Å². The Morgan fingerprint density at radius 2 is 2.19 bits per heavy atom. The molecule has 1 aromatic carbocycles. The maximum atomic E-state index is 13.4. The average Bonchev–Trinajstić information content (AvgIpc) is 2.67. The Morgan fingerprint density at radius 3 is 2.75 bits per heavy atom. The van der Waals surface area contributed by atoms with E-state index in [2.05, 4.69) is 10.2 Å². The Kier molecular flexibility index (Phi) is 2.40. The van der Waals surface area contributed by atoms with E-state index in [1.54, 1.807) is 0 Å². The molecule has 1 aromatic heterocycles. The Hall–Kier alpha value is -2.24. The molecule has 0 atom stereocenters. The summed E-state index contributed by atoms with van der Waals surface area (Å²) in [6.07, 6.45) is 1.41. The Labute approximate surface area is 90.7 Å². The highest BCUT2D eigenvalue weighted by Crippen LogP contribution is 2.36. The highest BCUT2D eigenvalue weighted by molar-refractivity contribution is 5.78. The molecule has 6 heteroatoms. The number of aromatic nitrogens is 2. The van der Waals surface area contributed by atoms with Crippen molar-refractivity contribution in [2.75, 3.05) is 12.8 Å². The maximum Gasteiger partial charge on any atom is 0.165 e. The zero-order chi connectivity index (χ0) is 11.7. The van der Waals surface area contributed by atoms with Crippen LogP contribution in [0.15, 0.2) is 18.3 Å². The highest BCUT2D eigenvalue weighted by atomic mass is 19.1. The molecule has 0 saturated heterocycles. The standard InChI is InChI=1S/C10H10FN3O2/c1-16-9-3-8(15)5(2-7(9)11)6-4-13-14-10(6)12/h2-4,15H,1H3,(H3,12,13,14). The number of halogens is 1. The number of nitrogens with one attached hydrogen (secondary N) is 1. The molecule has 0 aliphatic carbocycles. The summed E-state index contributed by atoms with van der Waals surface area (Å²) < 4.78 is 18.2. The third-order valence-corrected chi connectivity index (χ3v) is 2.23. The summed E-state index contributed by atoms with van der Waals surface area (Å²) in [5.74, 6) is -0.453. The van der Waals surface area contributed by atoms with Gasteiger partial charge in [-0.1, -0.05) is 0 Å². The van der Waals surface area contributed by atoms with Gasteiger partial charge in [0, 0.05) is 17.2 Å². The fourth-order valence-corrected chi connectivity index (χ4v) is 1.43. The molecule has 0 aliphatic heterocycles.